The van der Waals surface area contributed by atoms with Crippen molar-refractivity contribution in [1.29, 1.82) is 5.26 Å². The fourth-order valence-electron chi connectivity index (χ4n) is 2.76. The van der Waals surface area contributed by atoms with Gasteiger partial charge in [-0.1, -0.05) is 13.8 Å². The van der Waals surface area contributed by atoms with Crippen molar-refractivity contribution in [3.63, 3.8) is 0 Å². The Kier molecular flexibility index (Phi) is 3.77. The lowest BCUT2D eigenvalue weighted by Gasteiger charge is -2.32. The summed E-state index contributed by atoms with van der Waals surface area (Å²) in [5.74, 6) is -0.0229. The van der Waals surface area contributed by atoms with Gasteiger partial charge in [-0.15, -0.1) is 0 Å². The molecule has 2 rings (SSSR count). The van der Waals surface area contributed by atoms with Gasteiger partial charge in [0, 0.05) is 18.5 Å². The first-order chi connectivity index (χ1) is 9.02. The molecule has 4 heteroatoms. The summed E-state index contributed by atoms with van der Waals surface area (Å²) in [5, 5.41) is 18.8. The van der Waals surface area contributed by atoms with Gasteiger partial charge < -0.3 is 10.0 Å². The summed E-state index contributed by atoms with van der Waals surface area (Å²) in [6.45, 7) is 5.86. The fraction of sp³-hybridized carbons (Fsp3) is 0.533. The fourth-order valence-corrected chi connectivity index (χ4v) is 2.76. The maximum Gasteiger partial charge on any atom is 0.124 e. The molecular formula is C15H19FN2O. The molecule has 1 aliphatic rings. The lowest BCUT2D eigenvalue weighted by atomic mass is 9.77. The minimum Gasteiger partial charge on any atom is -0.396 e. The highest BCUT2D eigenvalue weighted by Crippen LogP contribution is 2.40. The van der Waals surface area contributed by atoms with Crippen molar-refractivity contribution in [2.45, 2.75) is 20.3 Å². The molecule has 1 atom stereocenters. The topological polar surface area (TPSA) is 47.3 Å². The van der Waals surface area contributed by atoms with Crippen molar-refractivity contribution >= 4 is 5.69 Å². The molecule has 0 aromatic heterocycles. The third-order valence-corrected chi connectivity index (χ3v) is 4.34. The highest BCUT2D eigenvalue weighted by Gasteiger charge is 2.40. The molecule has 0 bridgehead atoms. The van der Waals surface area contributed by atoms with Gasteiger partial charge in [0.2, 0.25) is 0 Å². The standard InChI is InChI=1S/C15H19FN2O/c1-11(2)15(10-19)5-6-18(9-15)14-4-3-13(16)7-12(14)8-17/h3-4,7,11,19H,5-6,9-10H2,1-2H3. The SMILES string of the molecule is CC(C)C1(CO)CCN(c2ccc(F)cc2C#N)C1. The van der Waals surface area contributed by atoms with Crippen LogP contribution in [0, 0.1) is 28.5 Å². The van der Waals surface area contributed by atoms with Crippen LogP contribution in [0.25, 0.3) is 0 Å². The second-order valence-electron chi connectivity index (χ2n) is 5.62. The summed E-state index contributed by atoms with van der Waals surface area (Å²) in [6, 6.07) is 6.35. The van der Waals surface area contributed by atoms with Crippen LogP contribution in [0.5, 0.6) is 0 Å². The number of aliphatic hydroxyl groups is 1. The maximum atomic E-state index is 13.2. The second kappa shape index (κ2) is 5.18. The summed E-state index contributed by atoms with van der Waals surface area (Å²) < 4.78 is 13.2. The molecule has 0 aliphatic carbocycles. The van der Waals surface area contributed by atoms with Gasteiger partial charge >= 0.3 is 0 Å². The van der Waals surface area contributed by atoms with E-state index in [-0.39, 0.29) is 12.0 Å². The van der Waals surface area contributed by atoms with Gasteiger partial charge in [-0.25, -0.2) is 4.39 Å². The van der Waals surface area contributed by atoms with Gasteiger partial charge in [0.25, 0.3) is 0 Å². The number of benzene rings is 1. The Bertz CT molecular complexity index is 509. The molecule has 1 aliphatic heterocycles. The predicted octanol–water partition coefficient (Wildman–Crippen LogP) is 2.54. The normalized spacial score (nSPS) is 22.8. The number of halogens is 1. The van der Waals surface area contributed by atoms with Crippen LogP contribution in [0.2, 0.25) is 0 Å². The minimum atomic E-state index is -0.392. The summed E-state index contributed by atoms with van der Waals surface area (Å²) in [5.41, 5.74) is 0.999. The maximum absolute atomic E-state index is 13.2. The molecular weight excluding hydrogens is 243 g/mol. The average Bonchev–Trinajstić information content (AvgIpc) is 2.84. The van der Waals surface area contributed by atoms with E-state index in [9.17, 15) is 9.50 Å². The largest absolute Gasteiger partial charge is 0.396 e. The average molecular weight is 262 g/mol. The highest BCUT2D eigenvalue weighted by molar-refractivity contribution is 5.60. The van der Waals surface area contributed by atoms with Crippen molar-refractivity contribution in [1.82, 2.24) is 0 Å². The molecule has 1 aromatic carbocycles. The van der Waals surface area contributed by atoms with Crippen LogP contribution >= 0.6 is 0 Å². The Morgan fingerprint density at radius 1 is 1.53 bits per heavy atom. The monoisotopic (exact) mass is 262 g/mol. The summed E-state index contributed by atoms with van der Waals surface area (Å²) in [6.07, 6.45) is 0.892. The lowest BCUT2D eigenvalue weighted by molar-refractivity contribution is 0.0976. The molecule has 0 amide bonds. The second-order valence-corrected chi connectivity index (χ2v) is 5.62. The zero-order valence-corrected chi connectivity index (χ0v) is 11.4. The number of rotatable bonds is 3. The molecule has 1 aromatic rings. The van der Waals surface area contributed by atoms with Gasteiger partial charge in [0.15, 0.2) is 0 Å². The van der Waals surface area contributed by atoms with E-state index in [0.717, 1.165) is 18.7 Å². The Morgan fingerprint density at radius 3 is 2.79 bits per heavy atom. The van der Waals surface area contributed by atoms with Gasteiger partial charge in [0.1, 0.15) is 11.9 Å². The smallest absolute Gasteiger partial charge is 0.124 e. The third kappa shape index (κ3) is 2.43. The van der Waals surface area contributed by atoms with Crippen molar-refractivity contribution < 1.29 is 9.50 Å². The van der Waals surface area contributed by atoms with E-state index in [4.69, 9.17) is 5.26 Å². The van der Waals surface area contributed by atoms with Crippen LogP contribution in [0.15, 0.2) is 18.2 Å². The summed E-state index contributed by atoms with van der Waals surface area (Å²) in [4.78, 5) is 2.08. The van der Waals surface area contributed by atoms with Gasteiger partial charge in [-0.2, -0.15) is 5.26 Å². The minimum absolute atomic E-state index is 0.124. The third-order valence-electron chi connectivity index (χ3n) is 4.34. The molecule has 1 fully saturated rings. The number of hydrogen-bond donors (Lipinski definition) is 1. The van der Waals surface area contributed by atoms with Crippen molar-refractivity contribution in [3.05, 3.63) is 29.6 Å². The predicted molar refractivity (Wildman–Crippen MR) is 72.3 cm³/mol. The van der Waals surface area contributed by atoms with Crippen LogP contribution in [-0.2, 0) is 0 Å². The zero-order chi connectivity index (χ0) is 14.0. The summed E-state index contributed by atoms with van der Waals surface area (Å²) >= 11 is 0. The Labute approximate surface area is 113 Å². The quantitative estimate of drug-likeness (QED) is 0.910. The molecule has 1 unspecified atom stereocenters. The number of hydrogen-bond acceptors (Lipinski definition) is 3. The molecule has 1 N–H and O–H groups in total. The molecule has 3 nitrogen and oxygen atoms in total. The number of nitriles is 1. The van der Waals surface area contributed by atoms with E-state index in [1.54, 1.807) is 6.07 Å². The number of aliphatic hydroxyl groups excluding tert-OH is 1. The van der Waals surface area contributed by atoms with Crippen molar-refractivity contribution in [3.8, 4) is 6.07 Å². The van der Waals surface area contributed by atoms with Gasteiger partial charge in [-0.3, -0.25) is 0 Å². The number of anilines is 1. The Balaban J connectivity index is 2.29. The molecule has 1 saturated heterocycles. The van der Waals surface area contributed by atoms with Gasteiger partial charge in [0.05, 0.1) is 17.9 Å². The van der Waals surface area contributed by atoms with E-state index >= 15 is 0 Å². The van der Waals surface area contributed by atoms with Gasteiger partial charge in [-0.05, 0) is 30.5 Å². The van der Waals surface area contributed by atoms with Crippen LogP contribution in [0.3, 0.4) is 0 Å². The van der Waals surface area contributed by atoms with Crippen LogP contribution in [0.4, 0.5) is 10.1 Å². The molecule has 0 saturated carbocycles. The van der Waals surface area contributed by atoms with Crippen molar-refractivity contribution in [2.75, 3.05) is 24.6 Å². The summed E-state index contributed by atoms with van der Waals surface area (Å²) in [7, 11) is 0. The first kappa shape index (κ1) is 13.8. The first-order valence-corrected chi connectivity index (χ1v) is 6.58. The van der Waals surface area contributed by atoms with Crippen LogP contribution in [-0.4, -0.2) is 24.8 Å². The van der Waals surface area contributed by atoms with E-state index < -0.39 is 5.82 Å². The lowest BCUT2D eigenvalue weighted by Crippen LogP contribution is -2.35. The Morgan fingerprint density at radius 2 is 2.26 bits per heavy atom. The van der Waals surface area contributed by atoms with E-state index in [1.165, 1.54) is 12.1 Å². The van der Waals surface area contributed by atoms with Crippen molar-refractivity contribution in [2.24, 2.45) is 11.3 Å². The first-order valence-electron chi connectivity index (χ1n) is 6.58. The molecule has 0 spiro atoms. The zero-order valence-electron chi connectivity index (χ0n) is 11.4. The van der Waals surface area contributed by atoms with Crippen LogP contribution in [0.1, 0.15) is 25.8 Å². The van der Waals surface area contributed by atoms with E-state index in [1.807, 2.05) is 6.07 Å². The molecule has 0 radical (unpaired) electrons. The van der Waals surface area contributed by atoms with E-state index in [2.05, 4.69) is 18.7 Å². The molecule has 1 heterocycles. The Hall–Kier alpha value is -1.60. The van der Waals surface area contributed by atoms with E-state index in [0.29, 0.717) is 18.0 Å². The highest BCUT2D eigenvalue weighted by atomic mass is 19.1. The van der Waals surface area contributed by atoms with Crippen LogP contribution < -0.4 is 4.90 Å². The molecule has 102 valence electrons. The number of nitrogens with zero attached hydrogens (tertiary/aromatic N) is 2. The molecule has 19 heavy (non-hydrogen) atoms.